The predicted molar refractivity (Wildman–Crippen MR) is 122 cm³/mol. The predicted octanol–water partition coefficient (Wildman–Crippen LogP) is 7.33. The molecular weight excluding hydrogens is 338 g/mol. The van der Waals surface area contributed by atoms with Gasteiger partial charge in [0, 0.05) is 11.9 Å². The molecule has 1 heterocycles. The first-order chi connectivity index (χ1) is 13.7. The molecule has 1 heteroatoms. The van der Waals surface area contributed by atoms with E-state index in [1.807, 2.05) is 19.2 Å². The summed E-state index contributed by atoms with van der Waals surface area (Å²) < 4.78 is 0. The summed E-state index contributed by atoms with van der Waals surface area (Å²) in [5, 5.41) is 7.90. The number of benzene rings is 4. The van der Waals surface area contributed by atoms with Gasteiger partial charge in [0.05, 0.1) is 0 Å². The molecule has 0 spiro atoms. The minimum absolute atomic E-state index is 1.04. The van der Waals surface area contributed by atoms with E-state index in [0.29, 0.717) is 0 Å². The van der Waals surface area contributed by atoms with Crippen LogP contribution in [0.5, 0.6) is 0 Å². The number of hydrogen-bond donors (Lipinski definition) is 0. The molecule has 4 aromatic carbocycles. The second-order valence-corrected chi connectivity index (χ2v) is 7.46. The van der Waals surface area contributed by atoms with E-state index in [1.54, 1.807) is 0 Å². The largest absolute Gasteiger partial charge is 0.262 e. The van der Waals surface area contributed by atoms with Gasteiger partial charge in [0.2, 0.25) is 0 Å². The van der Waals surface area contributed by atoms with Crippen LogP contribution in [0.2, 0.25) is 0 Å². The van der Waals surface area contributed by atoms with Crippen LogP contribution in [0.25, 0.3) is 44.5 Å². The van der Waals surface area contributed by atoms with Crippen molar-refractivity contribution in [1.82, 2.24) is 4.98 Å². The summed E-state index contributed by atoms with van der Waals surface area (Å²) in [5.41, 5.74) is 4.71. The van der Waals surface area contributed by atoms with Crippen LogP contribution in [0, 0.1) is 13.8 Å². The summed E-state index contributed by atoms with van der Waals surface area (Å²) in [5.74, 6) is 0. The Morgan fingerprint density at radius 3 is 1.96 bits per heavy atom. The van der Waals surface area contributed by atoms with Crippen molar-refractivity contribution >= 4 is 44.5 Å². The molecular formula is C27H21N. The average molecular weight is 359 g/mol. The zero-order valence-corrected chi connectivity index (χ0v) is 16.1. The molecule has 0 aliphatic carbocycles. The van der Waals surface area contributed by atoms with Crippen molar-refractivity contribution in [3.8, 4) is 0 Å². The van der Waals surface area contributed by atoms with Crippen LogP contribution in [0.15, 0.2) is 79.0 Å². The number of aryl methyl sites for hydroxylation is 2. The van der Waals surface area contributed by atoms with Gasteiger partial charge in [-0.1, -0.05) is 72.3 Å². The Labute approximate surface area is 165 Å². The van der Waals surface area contributed by atoms with Gasteiger partial charge in [0.15, 0.2) is 0 Å². The van der Waals surface area contributed by atoms with Crippen LogP contribution >= 0.6 is 0 Å². The van der Waals surface area contributed by atoms with E-state index >= 15 is 0 Å². The Morgan fingerprint density at radius 1 is 0.571 bits per heavy atom. The zero-order valence-electron chi connectivity index (χ0n) is 16.1. The Kier molecular flexibility index (Phi) is 3.95. The van der Waals surface area contributed by atoms with Crippen LogP contribution in [0.1, 0.15) is 22.4 Å². The Morgan fingerprint density at radius 2 is 1.18 bits per heavy atom. The fourth-order valence-electron chi connectivity index (χ4n) is 4.06. The SMILES string of the molecule is Cc1ccc2c(c1)c1ccccc1c1ccc(/C=C/c3ccnc(C)c3)cc12. The lowest BCUT2D eigenvalue weighted by Crippen LogP contribution is -1.85. The van der Waals surface area contributed by atoms with Crippen LogP contribution < -0.4 is 0 Å². The van der Waals surface area contributed by atoms with Crippen LogP contribution in [-0.4, -0.2) is 4.98 Å². The molecule has 5 rings (SSSR count). The fraction of sp³-hybridized carbons (Fsp3) is 0.0741. The molecule has 1 nitrogen and oxygen atoms in total. The normalized spacial score (nSPS) is 11.8. The maximum atomic E-state index is 4.27. The molecule has 28 heavy (non-hydrogen) atoms. The van der Waals surface area contributed by atoms with Gasteiger partial charge >= 0.3 is 0 Å². The molecule has 0 radical (unpaired) electrons. The maximum Gasteiger partial charge on any atom is 0.0378 e. The Bertz CT molecular complexity index is 1380. The molecule has 5 aromatic rings. The summed E-state index contributed by atoms with van der Waals surface area (Å²) in [4.78, 5) is 4.27. The van der Waals surface area contributed by atoms with Crippen molar-refractivity contribution in [2.75, 3.05) is 0 Å². The van der Waals surface area contributed by atoms with Gasteiger partial charge in [0.1, 0.15) is 0 Å². The second kappa shape index (κ2) is 6.61. The highest BCUT2D eigenvalue weighted by Crippen LogP contribution is 2.36. The molecule has 0 atom stereocenters. The molecule has 0 amide bonds. The van der Waals surface area contributed by atoms with Crippen molar-refractivity contribution in [3.05, 3.63) is 101 Å². The van der Waals surface area contributed by atoms with Crippen molar-refractivity contribution < 1.29 is 0 Å². The molecule has 0 fully saturated rings. The van der Waals surface area contributed by atoms with Gasteiger partial charge in [-0.2, -0.15) is 0 Å². The minimum Gasteiger partial charge on any atom is -0.262 e. The first-order valence-corrected chi connectivity index (χ1v) is 9.65. The van der Waals surface area contributed by atoms with Gasteiger partial charge < -0.3 is 0 Å². The van der Waals surface area contributed by atoms with Crippen LogP contribution in [0.4, 0.5) is 0 Å². The monoisotopic (exact) mass is 359 g/mol. The molecule has 1 aromatic heterocycles. The van der Waals surface area contributed by atoms with Gasteiger partial charge in [0.25, 0.3) is 0 Å². The highest BCUT2D eigenvalue weighted by Gasteiger charge is 2.08. The number of pyridine rings is 1. The standard InChI is InChI=1S/C27H21N/c1-18-7-11-25-26(15-18)23-6-4-3-5-22(23)24-12-10-20(17-27(24)25)8-9-21-13-14-28-19(2)16-21/h3-17H,1-2H3/b9-8+. The first kappa shape index (κ1) is 16.7. The number of hydrogen-bond acceptors (Lipinski definition) is 1. The Hall–Kier alpha value is -3.45. The molecule has 0 bridgehead atoms. The molecule has 0 saturated carbocycles. The van der Waals surface area contributed by atoms with E-state index in [9.17, 15) is 0 Å². The molecule has 0 N–H and O–H groups in total. The first-order valence-electron chi connectivity index (χ1n) is 9.65. The summed E-state index contributed by atoms with van der Waals surface area (Å²) >= 11 is 0. The van der Waals surface area contributed by atoms with Crippen molar-refractivity contribution in [1.29, 1.82) is 0 Å². The average Bonchev–Trinajstić information content (AvgIpc) is 2.72. The molecule has 0 saturated heterocycles. The van der Waals surface area contributed by atoms with Crippen molar-refractivity contribution in [3.63, 3.8) is 0 Å². The number of nitrogens with zero attached hydrogens (tertiary/aromatic N) is 1. The van der Waals surface area contributed by atoms with Crippen molar-refractivity contribution in [2.24, 2.45) is 0 Å². The van der Waals surface area contributed by atoms with E-state index < -0.39 is 0 Å². The lowest BCUT2D eigenvalue weighted by atomic mass is 9.92. The van der Waals surface area contributed by atoms with Crippen LogP contribution in [-0.2, 0) is 0 Å². The maximum absolute atomic E-state index is 4.27. The number of aromatic nitrogens is 1. The van der Waals surface area contributed by atoms with Gasteiger partial charge in [-0.15, -0.1) is 0 Å². The van der Waals surface area contributed by atoms with Gasteiger partial charge in [-0.05, 0) is 75.5 Å². The van der Waals surface area contributed by atoms with E-state index in [1.165, 1.54) is 49.0 Å². The lowest BCUT2D eigenvalue weighted by Gasteiger charge is -2.11. The summed E-state index contributed by atoms with van der Waals surface area (Å²) in [6, 6.07) is 26.4. The molecule has 134 valence electrons. The summed E-state index contributed by atoms with van der Waals surface area (Å²) in [6.07, 6.45) is 6.20. The van der Waals surface area contributed by atoms with E-state index in [2.05, 4.69) is 90.8 Å². The zero-order chi connectivity index (χ0) is 19.1. The number of rotatable bonds is 2. The summed E-state index contributed by atoms with van der Waals surface area (Å²) in [7, 11) is 0. The Balaban J connectivity index is 1.75. The molecule has 0 aliphatic rings. The summed E-state index contributed by atoms with van der Waals surface area (Å²) in [6.45, 7) is 4.18. The topological polar surface area (TPSA) is 12.9 Å². The fourth-order valence-corrected chi connectivity index (χ4v) is 4.06. The van der Waals surface area contributed by atoms with Crippen LogP contribution in [0.3, 0.4) is 0 Å². The highest BCUT2D eigenvalue weighted by atomic mass is 14.6. The quantitative estimate of drug-likeness (QED) is 0.301. The highest BCUT2D eigenvalue weighted by molar-refractivity contribution is 6.25. The van der Waals surface area contributed by atoms with Gasteiger partial charge in [-0.3, -0.25) is 4.98 Å². The van der Waals surface area contributed by atoms with E-state index in [0.717, 1.165) is 5.69 Å². The molecule has 0 unspecified atom stereocenters. The smallest absolute Gasteiger partial charge is 0.0378 e. The molecule has 0 aliphatic heterocycles. The third kappa shape index (κ3) is 2.86. The van der Waals surface area contributed by atoms with E-state index in [-0.39, 0.29) is 0 Å². The third-order valence-corrected chi connectivity index (χ3v) is 5.41. The lowest BCUT2D eigenvalue weighted by molar-refractivity contribution is 1.20. The van der Waals surface area contributed by atoms with Crippen molar-refractivity contribution in [2.45, 2.75) is 13.8 Å². The van der Waals surface area contributed by atoms with Gasteiger partial charge in [-0.25, -0.2) is 0 Å². The third-order valence-electron chi connectivity index (χ3n) is 5.41. The second-order valence-electron chi connectivity index (χ2n) is 7.46. The minimum atomic E-state index is 1.04. The number of fused-ring (bicyclic) bond motifs is 6. The van der Waals surface area contributed by atoms with E-state index in [4.69, 9.17) is 0 Å².